The largest absolute Gasteiger partial charge is 0.543 e. The highest BCUT2D eigenvalue weighted by Crippen LogP contribution is 2.42. The normalized spacial score (nSPS) is 12.0. The van der Waals surface area contributed by atoms with Gasteiger partial charge in [0.15, 0.2) is 0 Å². The van der Waals surface area contributed by atoms with Gasteiger partial charge in [0.2, 0.25) is 0 Å². The van der Waals surface area contributed by atoms with Crippen LogP contribution in [-0.4, -0.2) is 26.5 Å². The summed E-state index contributed by atoms with van der Waals surface area (Å²) in [5.41, 5.74) is 2.39. The van der Waals surface area contributed by atoms with E-state index in [1.165, 1.54) is 13.8 Å². The summed E-state index contributed by atoms with van der Waals surface area (Å²) in [7, 11) is -2.00. The van der Waals surface area contributed by atoms with Crippen LogP contribution >= 0.6 is 0 Å². The highest BCUT2D eigenvalue weighted by molar-refractivity contribution is 6.78. The minimum Gasteiger partial charge on any atom is -0.543 e. The summed E-state index contributed by atoms with van der Waals surface area (Å²) in [5, 5.41) is 0. The van der Waals surface area contributed by atoms with Gasteiger partial charge in [0.1, 0.15) is 5.75 Å². The minimum absolute atomic E-state index is 0.306. The van der Waals surface area contributed by atoms with Gasteiger partial charge in [0, 0.05) is 20.3 Å². The zero-order chi connectivity index (χ0) is 20.8. The molecule has 0 aliphatic carbocycles. The lowest BCUT2D eigenvalue weighted by Crippen LogP contribution is -2.50. The molecule has 0 unspecified atom stereocenters. The summed E-state index contributed by atoms with van der Waals surface area (Å²) in [5.74, 6) is -0.108. The Morgan fingerprint density at radius 1 is 0.815 bits per heavy atom. The Balaban J connectivity index is 2.96. The van der Waals surface area contributed by atoms with Crippen LogP contribution in [-0.2, 0) is 25.5 Å². The number of hydrogen-bond acceptors (Lipinski definition) is 5. The smallest absolute Gasteiger partial charge is 0.305 e. The van der Waals surface area contributed by atoms with E-state index in [2.05, 4.69) is 41.5 Å². The number of hydrogen-bond donors (Lipinski definition) is 0. The molecule has 0 saturated heterocycles. The van der Waals surface area contributed by atoms with Crippen molar-refractivity contribution in [2.45, 2.75) is 84.7 Å². The van der Waals surface area contributed by atoms with E-state index in [-0.39, 0.29) is 0 Å². The van der Waals surface area contributed by atoms with Gasteiger partial charge in [0.05, 0.1) is 0 Å². The van der Waals surface area contributed by atoms with Gasteiger partial charge in [0.25, 0.3) is 14.6 Å². The summed E-state index contributed by atoms with van der Waals surface area (Å²) in [6.45, 7) is 16.1. The van der Waals surface area contributed by atoms with Crippen molar-refractivity contribution in [3.8, 4) is 5.75 Å². The number of carbonyl (C=O) groups excluding carboxylic acids is 2. The first-order valence-corrected chi connectivity index (χ1v) is 11.7. The predicted molar refractivity (Wildman–Crippen MR) is 109 cm³/mol. The standard InChI is InChI=1S/C21H34O5Si/c1-14(2)27(15(3)4,16(5)6)26-20-11-9-19(10-12-20)13-21(24-17(7)22)25-18(8)23/h9-12,14-16,21H,13H2,1-8H3. The molecule has 27 heavy (non-hydrogen) atoms. The molecule has 0 aliphatic rings. The van der Waals surface area contributed by atoms with Crippen LogP contribution < -0.4 is 4.43 Å². The van der Waals surface area contributed by atoms with Crippen LogP contribution in [0.4, 0.5) is 0 Å². The zero-order valence-electron chi connectivity index (χ0n) is 17.9. The molecule has 0 spiro atoms. The van der Waals surface area contributed by atoms with Crippen molar-refractivity contribution in [2.75, 3.05) is 0 Å². The monoisotopic (exact) mass is 394 g/mol. The van der Waals surface area contributed by atoms with Gasteiger partial charge in [-0.05, 0) is 34.3 Å². The first-order chi connectivity index (χ1) is 12.5. The third-order valence-electron chi connectivity index (χ3n) is 4.92. The van der Waals surface area contributed by atoms with Gasteiger partial charge in [-0.3, -0.25) is 9.59 Å². The Labute approximate surface area is 164 Å². The number of rotatable bonds is 9. The topological polar surface area (TPSA) is 61.8 Å². The highest BCUT2D eigenvalue weighted by Gasteiger charge is 2.46. The molecule has 1 aromatic rings. The SMILES string of the molecule is CC(=O)OC(Cc1ccc(O[Si](C(C)C)(C(C)C)C(C)C)cc1)OC(C)=O. The molecular formula is C21H34O5Si. The lowest BCUT2D eigenvalue weighted by atomic mass is 10.1. The van der Waals surface area contributed by atoms with E-state index in [1.54, 1.807) is 0 Å². The first kappa shape index (κ1) is 23.2. The summed E-state index contributed by atoms with van der Waals surface area (Å²) in [4.78, 5) is 22.4. The van der Waals surface area contributed by atoms with Gasteiger partial charge in [-0.15, -0.1) is 0 Å². The Kier molecular flexibility index (Phi) is 8.53. The van der Waals surface area contributed by atoms with E-state index >= 15 is 0 Å². The molecule has 6 heteroatoms. The molecule has 0 aromatic heterocycles. The van der Waals surface area contributed by atoms with E-state index in [4.69, 9.17) is 13.9 Å². The van der Waals surface area contributed by atoms with E-state index in [9.17, 15) is 9.59 Å². The summed E-state index contributed by atoms with van der Waals surface area (Å²) >= 11 is 0. The number of ether oxygens (including phenoxy) is 2. The maximum absolute atomic E-state index is 11.2. The van der Waals surface area contributed by atoms with Crippen LogP contribution in [0.1, 0.15) is 61.0 Å². The molecule has 0 saturated carbocycles. The van der Waals surface area contributed by atoms with Gasteiger partial charge in [-0.2, -0.15) is 0 Å². The number of carbonyl (C=O) groups is 2. The van der Waals surface area contributed by atoms with Crippen molar-refractivity contribution in [1.82, 2.24) is 0 Å². The fourth-order valence-electron chi connectivity index (χ4n) is 3.92. The van der Waals surface area contributed by atoms with Crippen molar-refractivity contribution in [2.24, 2.45) is 0 Å². The molecule has 0 atom stereocenters. The molecule has 152 valence electrons. The van der Waals surface area contributed by atoms with Crippen LogP contribution in [0.3, 0.4) is 0 Å². The Bertz CT molecular complexity index is 584. The molecule has 0 amide bonds. The van der Waals surface area contributed by atoms with Crippen LogP contribution in [0, 0.1) is 0 Å². The summed E-state index contributed by atoms with van der Waals surface area (Å²) < 4.78 is 16.8. The minimum atomic E-state index is -2.00. The molecule has 1 aromatic carbocycles. The van der Waals surface area contributed by atoms with Crippen molar-refractivity contribution < 1.29 is 23.5 Å². The van der Waals surface area contributed by atoms with Gasteiger partial charge in [-0.1, -0.05) is 53.7 Å². The van der Waals surface area contributed by atoms with Crippen LogP contribution in [0.25, 0.3) is 0 Å². The Hall–Kier alpha value is -1.82. The quantitative estimate of drug-likeness (QED) is 0.326. The number of benzene rings is 1. The number of esters is 2. The predicted octanol–water partition coefficient (Wildman–Crippen LogP) is 5.24. The lowest BCUT2D eigenvalue weighted by Gasteiger charge is -2.42. The average Bonchev–Trinajstić information content (AvgIpc) is 2.51. The average molecular weight is 395 g/mol. The molecule has 0 aliphatic heterocycles. The van der Waals surface area contributed by atoms with Crippen LogP contribution in [0.5, 0.6) is 5.75 Å². The van der Waals surface area contributed by atoms with E-state index in [0.29, 0.717) is 23.0 Å². The fourth-order valence-corrected chi connectivity index (χ4v) is 9.17. The Morgan fingerprint density at radius 3 is 1.56 bits per heavy atom. The van der Waals surface area contributed by atoms with Crippen LogP contribution in [0.15, 0.2) is 24.3 Å². The molecule has 0 bridgehead atoms. The second kappa shape index (κ2) is 9.92. The summed E-state index contributed by atoms with van der Waals surface area (Å²) in [6, 6.07) is 7.75. The molecule has 1 rings (SSSR count). The third-order valence-corrected chi connectivity index (χ3v) is 10.9. The van der Waals surface area contributed by atoms with Gasteiger partial charge in [-0.25, -0.2) is 0 Å². The Morgan fingerprint density at radius 2 is 1.22 bits per heavy atom. The van der Waals surface area contributed by atoms with Crippen molar-refractivity contribution >= 4 is 20.3 Å². The van der Waals surface area contributed by atoms with Crippen LogP contribution in [0.2, 0.25) is 16.6 Å². The fraction of sp³-hybridized carbons (Fsp3) is 0.619. The van der Waals surface area contributed by atoms with Crippen molar-refractivity contribution in [3.63, 3.8) is 0 Å². The molecule has 0 N–H and O–H groups in total. The maximum Gasteiger partial charge on any atom is 0.305 e. The maximum atomic E-state index is 11.2. The third kappa shape index (κ3) is 6.38. The zero-order valence-corrected chi connectivity index (χ0v) is 18.9. The van der Waals surface area contributed by atoms with Gasteiger partial charge < -0.3 is 13.9 Å². The molecule has 0 radical (unpaired) electrons. The highest BCUT2D eigenvalue weighted by atomic mass is 28.4. The van der Waals surface area contributed by atoms with E-state index in [0.717, 1.165) is 11.3 Å². The second-order valence-electron chi connectivity index (χ2n) is 7.92. The van der Waals surface area contributed by atoms with E-state index < -0.39 is 26.5 Å². The lowest BCUT2D eigenvalue weighted by molar-refractivity contribution is -0.184. The first-order valence-electron chi connectivity index (χ1n) is 9.61. The second-order valence-corrected chi connectivity index (χ2v) is 13.3. The van der Waals surface area contributed by atoms with E-state index in [1.807, 2.05) is 24.3 Å². The molecule has 0 fully saturated rings. The van der Waals surface area contributed by atoms with Gasteiger partial charge >= 0.3 is 11.9 Å². The van der Waals surface area contributed by atoms with Crippen molar-refractivity contribution in [3.05, 3.63) is 29.8 Å². The molecule has 0 heterocycles. The molecular weight excluding hydrogens is 360 g/mol. The summed E-state index contributed by atoms with van der Waals surface area (Å²) in [6.07, 6.45) is -0.609. The van der Waals surface area contributed by atoms with Crippen molar-refractivity contribution in [1.29, 1.82) is 0 Å². The molecule has 5 nitrogen and oxygen atoms in total.